The Morgan fingerprint density at radius 3 is 2.19 bits per heavy atom. The van der Waals surface area contributed by atoms with E-state index >= 15 is 0 Å². The van der Waals surface area contributed by atoms with Gasteiger partial charge < -0.3 is 11.5 Å². The van der Waals surface area contributed by atoms with Gasteiger partial charge in [0.05, 0.1) is 0 Å². The predicted molar refractivity (Wildman–Crippen MR) is 96.2 cm³/mol. The predicted octanol–water partition coefficient (Wildman–Crippen LogP) is 4.72. The summed E-state index contributed by atoms with van der Waals surface area (Å²) in [4.78, 5) is 0. The average molecular weight is 293 g/mol. The molecule has 1 atom stereocenters. The third kappa shape index (κ3) is 8.90. The molecule has 0 aliphatic heterocycles. The van der Waals surface area contributed by atoms with Crippen molar-refractivity contribution in [2.24, 2.45) is 16.9 Å². The van der Waals surface area contributed by atoms with Crippen LogP contribution in [0.1, 0.15) is 66.2 Å². The first-order chi connectivity index (χ1) is 9.96. The quantitative estimate of drug-likeness (QED) is 0.428. The highest BCUT2D eigenvalue weighted by molar-refractivity contribution is 5.13. The molecule has 1 unspecified atom stereocenters. The maximum absolute atomic E-state index is 6.32. The normalized spacial score (nSPS) is 15.2. The third-order valence-electron chi connectivity index (χ3n) is 4.35. The van der Waals surface area contributed by atoms with E-state index < -0.39 is 0 Å². The van der Waals surface area contributed by atoms with Crippen molar-refractivity contribution in [3.05, 3.63) is 36.0 Å². The maximum Gasteiger partial charge on any atom is 0.0128 e. The molecule has 0 radical (unpaired) electrons. The van der Waals surface area contributed by atoms with Crippen molar-refractivity contribution in [2.75, 3.05) is 6.54 Å². The highest BCUT2D eigenvalue weighted by atomic mass is 14.7. The molecule has 4 N–H and O–H groups in total. The van der Waals surface area contributed by atoms with Crippen molar-refractivity contribution in [2.45, 2.75) is 72.3 Å². The van der Waals surface area contributed by atoms with Gasteiger partial charge in [0.1, 0.15) is 0 Å². The average Bonchev–Trinajstić information content (AvgIpc) is 2.46. The fourth-order valence-corrected chi connectivity index (χ4v) is 2.24. The largest absolute Gasteiger partial charge is 0.330 e. The Hall–Kier alpha value is -0.860. The number of allylic oxidation sites excluding steroid dienone is 5. The summed E-state index contributed by atoms with van der Waals surface area (Å²) in [5, 5.41) is 0. The summed E-state index contributed by atoms with van der Waals surface area (Å²) in [5.74, 6) is 0. The second-order valence-corrected chi connectivity index (χ2v) is 6.34. The van der Waals surface area contributed by atoms with E-state index in [0.717, 1.165) is 45.1 Å². The molecule has 0 bridgehead atoms. The van der Waals surface area contributed by atoms with E-state index in [0.29, 0.717) is 0 Å². The minimum Gasteiger partial charge on any atom is -0.330 e. The van der Waals surface area contributed by atoms with Crippen LogP contribution in [-0.2, 0) is 0 Å². The Labute approximate surface area is 132 Å². The van der Waals surface area contributed by atoms with E-state index in [2.05, 4.69) is 58.1 Å². The molecule has 0 amide bonds. The molecule has 0 fully saturated rings. The van der Waals surface area contributed by atoms with Crippen molar-refractivity contribution in [3.8, 4) is 0 Å². The van der Waals surface area contributed by atoms with E-state index in [9.17, 15) is 0 Å². The first kappa shape index (κ1) is 20.1. The molecule has 0 heterocycles. The van der Waals surface area contributed by atoms with Gasteiger partial charge in [0.15, 0.2) is 0 Å². The number of hydrogen-bond donors (Lipinski definition) is 2. The first-order valence-corrected chi connectivity index (χ1v) is 8.35. The van der Waals surface area contributed by atoms with Gasteiger partial charge in [0.25, 0.3) is 0 Å². The lowest BCUT2D eigenvalue weighted by Gasteiger charge is -2.33. The standard InChI is InChI=1S/C19H36N2/c1-5-6-7-8-9-10-11-12-14-17(2)19(3,4)18(21)15-13-16-20/h5-6,9-10,14,18H,7-8,11-13,15-16,20-21H2,1-4H3. The van der Waals surface area contributed by atoms with E-state index in [4.69, 9.17) is 11.5 Å². The second-order valence-electron chi connectivity index (χ2n) is 6.34. The summed E-state index contributed by atoms with van der Waals surface area (Å²) in [6.07, 6.45) is 17.7. The van der Waals surface area contributed by atoms with Crippen molar-refractivity contribution >= 4 is 0 Å². The number of nitrogens with two attached hydrogens (primary N) is 2. The van der Waals surface area contributed by atoms with Crippen LogP contribution >= 0.6 is 0 Å². The molecular weight excluding hydrogens is 256 g/mol. The molecule has 0 aliphatic rings. The highest BCUT2D eigenvalue weighted by Crippen LogP contribution is 2.31. The first-order valence-electron chi connectivity index (χ1n) is 8.35. The van der Waals surface area contributed by atoms with Gasteiger partial charge in [-0.05, 0) is 58.9 Å². The molecule has 0 rings (SSSR count). The summed E-state index contributed by atoms with van der Waals surface area (Å²) in [6.45, 7) is 9.49. The zero-order valence-corrected chi connectivity index (χ0v) is 14.6. The highest BCUT2D eigenvalue weighted by Gasteiger charge is 2.27. The molecule has 0 aromatic heterocycles. The summed E-state index contributed by atoms with van der Waals surface area (Å²) in [7, 11) is 0. The monoisotopic (exact) mass is 292 g/mol. The van der Waals surface area contributed by atoms with Gasteiger partial charge in [-0.1, -0.05) is 49.8 Å². The van der Waals surface area contributed by atoms with Crippen LogP contribution < -0.4 is 11.5 Å². The van der Waals surface area contributed by atoms with E-state index in [-0.39, 0.29) is 11.5 Å². The summed E-state index contributed by atoms with van der Waals surface area (Å²) in [6, 6.07) is 0.189. The van der Waals surface area contributed by atoms with Gasteiger partial charge in [-0.2, -0.15) is 0 Å². The SMILES string of the molecule is CC=CCCC=CCCC=C(C)C(C)(C)C(N)CCCN. The summed E-state index contributed by atoms with van der Waals surface area (Å²) < 4.78 is 0. The van der Waals surface area contributed by atoms with Crippen molar-refractivity contribution in [1.82, 2.24) is 0 Å². The van der Waals surface area contributed by atoms with Gasteiger partial charge in [0.2, 0.25) is 0 Å². The Balaban J connectivity index is 4.15. The van der Waals surface area contributed by atoms with Crippen molar-refractivity contribution < 1.29 is 0 Å². The van der Waals surface area contributed by atoms with Crippen LogP contribution in [0.25, 0.3) is 0 Å². The fraction of sp³-hybridized carbons (Fsp3) is 0.684. The molecule has 21 heavy (non-hydrogen) atoms. The zero-order valence-electron chi connectivity index (χ0n) is 14.6. The molecular formula is C19H36N2. The molecule has 0 aromatic rings. The number of unbranched alkanes of at least 4 members (excludes halogenated alkanes) is 2. The Morgan fingerprint density at radius 1 is 1.05 bits per heavy atom. The van der Waals surface area contributed by atoms with E-state index in [1.54, 1.807) is 0 Å². The van der Waals surface area contributed by atoms with Crippen LogP contribution in [0.4, 0.5) is 0 Å². The Kier molecular flexibility index (Phi) is 11.3. The van der Waals surface area contributed by atoms with Crippen LogP contribution in [0.5, 0.6) is 0 Å². The van der Waals surface area contributed by atoms with Crippen LogP contribution in [-0.4, -0.2) is 12.6 Å². The topological polar surface area (TPSA) is 52.0 Å². The second kappa shape index (κ2) is 11.8. The molecule has 0 spiro atoms. The Morgan fingerprint density at radius 2 is 1.62 bits per heavy atom. The van der Waals surface area contributed by atoms with Crippen LogP contribution in [0.15, 0.2) is 36.0 Å². The zero-order chi connectivity index (χ0) is 16.1. The maximum atomic E-state index is 6.32. The molecule has 0 aliphatic carbocycles. The molecule has 2 nitrogen and oxygen atoms in total. The lowest BCUT2D eigenvalue weighted by molar-refractivity contribution is 0.326. The van der Waals surface area contributed by atoms with Gasteiger partial charge in [-0.3, -0.25) is 0 Å². The summed E-state index contributed by atoms with van der Waals surface area (Å²) >= 11 is 0. The van der Waals surface area contributed by atoms with Crippen molar-refractivity contribution in [3.63, 3.8) is 0 Å². The molecule has 122 valence electrons. The smallest absolute Gasteiger partial charge is 0.0128 e. The molecule has 2 heteroatoms. The summed E-state index contributed by atoms with van der Waals surface area (Å²) in [5.41, 5.74) is 13.3. The van der Waals surface area contributed by atoms with Crippen LogP contribution in [0.2, 0.25) is 0 Å². The molecule has 0 saturated carbocycles. The lowest BCUT2D eigenvalue weighted by atomic mass is 9.76. The van der Waals surface area contributed by atoms with E-state index in [1.165, 1.54) is 5.57 Å². The minimum absolute atomic E-state index is 0.0603. The minimum atomic E-state index is 0.0603. The van der Waals surface area contributed by atoms with E-state index in [1.807, 2.05) is 0 Å². The fourth-order valence-electron chi connectivity index (χ4n) is 2.24. The van der Waals surface area contributed by atoms with Gasteiger partial charge in [-0.15, -0.1) is 0 Å². The van der Waals surface area contributed by atoms with Gasteiger partial charge in [0, 0.05) is 11.5 Å². The molecule has 0 saturated heterocycles. The number of rotatable bonds is 11. The van der Waals surface area contributed by atoms with Crippen LogP contribution in [0.3, 0.4) is 0 Å². The molecule has 0 aromatic carbocycles. The van der Waals surface area contributed by atoms with Gasteiger partial charge in [-0.25, -0.2) is 0 Å². The van der Waals surface area contributed by atoms with Gasteiger partial charge >= 0.3 is 0 Å². The lowest BCUT2D eigenvalue weighted by Crippen LogP contribution is -2.38. The third-order valence-corrected chi connectivity index (χ3v) is 4.35. The Bertz CT molecular complexity index is 337. The van der Waals surface area contributed by atoms with Crippen LogP contribution in [0, 0.1) is 5.41 Å². The number of hydrogen-bond acceptors (Lipinski definition) is 2. The van der Waals surface area contributed by atoms with Crippen molar-refractivity contribution in [1.29, 1.82) is 0 Å².